The molecule has 29 heavy (non-hydrogen) atoms. The van der Waals surface area contributed by atoms with Gasteiger partial charge in [-0.1, -0.05) is 36.6 Å². The van der Waals surface area contributed by atoms with Gasteiger partial charge in [0.2, 0.25) is 11.9 Å². The Balaban J connectivity index is 1.63. The number of anilines is 3. The molecule has 1 saturated heterocycles. The summed E-state index contributed by atoms with van der Waals surface area (Å²) < 4.78 is 0. The van der Waals surface area contributed by atoms with Gasteiger partial charge in [-0.2, -0.15) is 4.98 Å². The summed E-state index contributed by atoms with van der Waals surface area (Å²) in [6.45, 7) is 1.97. The zero-order valence-electron chi connectivity index (χ0n) is 17.1. The fourth-order valence-corrected chi connectivity index (χ4v) is 4.62. The molecule has 154 valence electrons. The average Bonchev–Trinajstić information content (AvgIpc) is 3.41. The Morgan fingerprint density at radius 3 is 2.38 bits per heavy atom. The van der Waals surface area contributed by atoms with E-state index in [4.69, 9.17) is 16.6 Å². The maximum Gasteiger partial charge on any atom is 0.235 e. The average molecular weight is 414 g/mol. The summed E-state index contributed by atoms with van der Waals surface area (Å²) in [6, 6.07) is 7.69. The van der Waals surface area contributed by atoms with Gasteiger partial charge in [-0.15, -0.1) is 0 Å². The van der Waals surface area contributed by atoms with E-state index in [1.807, 2.05) is 43.3 Å². The quantitative estimate of drug-likeness (QED) is 0.794. The van der Waals surface area contributed by atoms with Crippen LogP contribution >= 0.6 is 11.6 Å². The van der Waals surface area contributed by atoms with E-state index in [0.717, 1.165) is 56.1 Å². The van der Waals surface area contributed by atoms with Gasteiger partial charge in [-0.05, 0) is 43.4 Å². The Labute approximate surface area is 177 Å². The van der Waals surface area contributed by atoms with E-state index < -0.39 is 5.41 Å². The summed E-state index contributed by atoms with van der Waals surface area (Å²) in [7, 11) is 3.88. The van der Waals surface area contributed by atoms with Gasteiger partial charge in [0, 0.05) is 32.2 Å². The normalized spacial score (nSPS) is 18.1. The summed E-state index contributed by atoms with van der Waals surface area (Å²) in [5, 5.41) is 3.83. The molecule has 1 N–H and O–H groups in total. The van der Waals surface area contributed by atoms with Crippen molar-refractivity contribution in [3.63, 3.8) is 0 Å². The predicted molar refractivity (Wildman–Crippen MR) is 118 cm³/mol. The molecule has 0 bridgehead atoms. The molecule has 1 aliphatic carbocycles. The van der Waals surface area contributed by atoms with Gasteiger partial charge in [-0.3, -0.25) is 4.79 Å². The molecule has 1 amide bonds. The van der Waals surface area contributed by atoms with Crippen LogP contribution in [0.5, 0.6) is 0 Å². The zero-order chi connectivity index (χ0) is 20.4. The van der Waals surface area contributed by atoms with Crippen LogP contribution in [0.25, 0.3) is 0 Å². The molecule has 1 aromatic heterocycles. The van der Waals surface area contributed by atoms with Crippen LogP contribution in [-0.4, -0.2) is 43.1 Å². The Morgan fingerprint density at radius 1 is 1.10 bits per heavy atom. The van der Waals surface area contributed by atoms with Gasteiger partial charge in [-0.25, -0.2) is 4.98 Å². The molecular formula is C22H28ClN5O. The van der Waals surface area contributed by atoms with Crippen molar-refractivity contribution in [3.05, 3.63) is 41.0 Å². The first kappa shape index (κ1) is 20.0. The molecule has 2 aromatic rings. The van der Waals surface area contributed by atoms with Crippen LogP contribution in [0, 0.1) is 0 Å². The van der Waals surface area contributed by atoms with Crippen molar-refractivity contribution >= 4 is 35.0 Å². The van der Waals surface area contributed by atoms with Crippen LogP contribution in [-0.2, 0) is 10.2 Å². The minimum atomic E-state index is -0.526. The highest BCUT2D eigenvalue weighted by atomic mass is 35.5. The number of nitrogens with zero attached hydrogens (tertiary/aromatic N) is 4. The molecule has 2 aliphatic rings. The molecule has 1 saturated carbocycles. The molecule has 1 aromatic carbocycles. The first-order chi connectivity index (χ1) is 14.0. The fraction of sp³-hybridized carbons (Fsp3) is 0.500. The molecule has 0 atom stereocenters. The number of halogens is 1. The molecule has 0 radical (unpaired) electrons. The van der Waals surface area contributed by atoms with Crippen molar-refractivity contribution in [2.75, 3.05) is 42.3 Å². The van der Waals surface area contributed by atoms with Crippen LogP contribution in [0.3, 0.4) is 0 Å². The van der Waals surface area contributed by atoms with Gasteiger partial charge >= 0.3 is 0 Å². The van der Waals surface area contributed by atoms with E-state index in [1.165, 1.54) is 12.8 Å². The first-order valence-electron chi connectivity index (χ1n) is 10.4. The Bertz CT molecular complexity index is 871. The van der Waals surface area contributed by atoms with Crippen molar-refractivity contribution in [2.45, 2.75) is 43.9 Å². The zero-order valence-corrected chi connectivity index (χ0v) is 17.9. The van der Waals surface area contributed by atoms with Gasteiger partial charge < -0.3 is 15.1 Å². The lowest BCUT2D eigenvalue weighted by Crippen LogP contribution is -2.38. The number of nitrogens with one attached hydrogen (secondary N) is 1. The monoisotopic (exact) mass is 413 g/mol. The molecule has 2 heterocycles. The lowest BCUT2D eigenvalue weighted by Gasteiger charge is -2.29. The second-order valence-electron chi connectivity index (χ2n) is 8.25. The predicted octanol–water partition coefficient (Wildman–Crippen LogP) is 4.25. The third-order valence-corrected chi connectivity index (χ3v) is 6.36. The minimum Gasteiger partial charge on any atom is -0.361 e. The number of carbonyl (C=O) groups excluding carboxylic acids is 1. The molecule has 2 fully saturated rings. The molecule has 7 heteroatoms. The SMILES string of the molecule is CN(C)c1nc(N2CCCC2)ncc1NC(=O)C1(c2ccc(Cl)cc2)CCCC1. The molecule has 6 nitrogen and oxygen atoms in total. The second-order valence-corrected chi connectivity index (χ2v) is 8.68. The molecule has 1 aliphatic heterocycles. The van der Waals surface area contributed by atoms with Gasteiger partial charge in [0.1, 0.15) is 5.69 Å². The van der Waals surface area contributed by atoms with Crippen LogP contribution in [0.15, 0.2) is 30.5 Å². The summed E-state index contributed by atoms with van der Waals surface area (Å²) in [6.07, 6.45) is 7.85. The third kappa shape index (κ3) is 3.90. The van der Waals surface area contributed by atoms with Gasteiger partial charge in [0.05, 0.1) is 11.6 Å². The molecule has 0 spiro atoms. The van der Waals surface area contributed by atoms with E-state index in [1.54, 1.807) is 6.20 Å². The summed E-state index contributed by atoms with van der Waals surface area (Å²) in [5.41, 5.74) is 1.16. The smallest absolute Gasteiger partial charge is 0.235 e. The largest absolute Gasteiger partial charge is 0.361 e. The Morgan fingerprint density at radius 2 is 1.76 bits per heavy atom. The number of rotatable bonds is 5. The number of benzene rings is 1. The van der Waals surface area contributed by atoms with Crippen molar-refractivity contribution < 1.29 is 4.79 Å². The number of carbonyl (C=O) groups is 1. The molecular weight excluding hydrogens is 386 g/mol. The van der Waals surface area contributed by atoms with Crippen LogP contribution in [0.2, 0.25) is 5.02 Å². The van der Waals surface area contributed by atoms with Crippen LogP contribution < -0.4 is 15.1 Å². The highest BCUT2D eigenvalue weighted by Crippen LogP contribution is 2.42. The number of hydrogen-bond donors (Lipinski definition) is 1. The van der Waals surface area contributed by atoms with Crippen molar-refractivity contribution in [1.29, 1.82) is 0 Å². The maximum absolute atomic E-state index is 13.5. The standard InChI is InChI=1S/C22H28ClN5O/c1-27(2)19-18(15-24-21(26-19)28-13-5-6-14-28)25-20(29)22(11-3-4-12-22)16-7-9-17(23)10-8-16/h7-10,15H,3-6,11-14H2,1-2H3,(H,25,29). The fourth-order valence-electron chi connectivity index (χ4n) is 4.50. The molecule has 4 rings (SSSR count). The number of amides is 1. The van der Waals surface area contributed by atoms with E-state index >= 15 is 0 Å². The Hall–Kier alpha value is -2.34. The second kappa shape index (κ2) is 8.19. The lowest BCUT2D eigenvalue weighted by molar-refractivity contribution is -0.121. The summed E-state index contributed by atoms with van der Waals surface area (Å²) in [4.78, 5) is 26.9. The first-order valence-corrected chi connectivity index (χ1v) is 10.7. The van der Waals surface area contributed by atoms with Gasteiger partial charge in [0.25, 0.3) is 0 Å². The number of aromatic nitrogens is 2. The van der Waals surface area contributed by atoms with E-state index in [9.17, 15) is 4.79 Å². The lowest BCUT2D eigenvalue weighted by atomic mass is 9.78. The summed E-state index contributed by atoms with van der Waals surface area (Å²) in [5.74, 6) is 1.48. The van der Waals surface area contributed by atoms with Crippen molar-refractivity contribution in [1.82, 2.24) is 9.97 Å². The third-order valence-electron chi connectivity index (χ3n) is 6.11. The molecule has 0 unspecified atom stereocenters. The van der Waals surface area contributed by atoms with E-state index in [-0.39, 0.29) is 5.91 Å². The summed E-state index contributed by atoms with van der Waals surface area (Å²) >= 11 is 6.07. The van der Waals surface area contributed by atoms with Gasteiger partial charge in [0.15, 0.2) is 5.82 Å². The van der Waals surface area contributed by atoms with Crippen molar-refractivity contribution in [3.8, 4) is 0 Å². The maximum atomic E-state index is 13.5. The Kier molecular flexibility index (Phi) is 5.63. The van der Waals surface area contributed by atoms with Crippen LogP contribution in [0.4, 0.5) is 17.5 Å². The minimum absolute atomic E-state index is 0.0120. The van der Waals surface area contributed by atoms with Crippen LogP contribution in [0.1, 0.15) is 44.1 Å². The van der Waals surface area contributed by atoms with E-state index in [0.29, 0.717) is 10.7 Å². The topological polar surface area (TPSA) is 61.4 Å². The van der Waals surface area contributed by atoms with Crippen molar-refractivity contribution in [2.24, 2.45) is 0 Å². The highest BCUT2D eigenvalue weighted by Gasteiger charge is 2.43. The highest BCUT2D eigenvalue weighted by molar-refractivity contribution is 6.30. The number of hydrogen-bond acceptors (Lipinski definition) is 5. The van der Waals surface area contributed by atoms with E-state index in [2.05, 4.69) is 15.2 Å².